The highest BCUT2D eigenvalue weighted by atomic mass is 19.4. The molecule has 1 amide bonds. The highest BCUT2D eigenvalue weighted by Gasteiger charge is 2.44. The number of carbonyl (C=O) groups excluding carboxylic acids is 1. The number of amides is 1. The second-order valence-corrected chi connectivity index (χ2v) is 6.62. The summed E-state index contributed by atoms with van der Waals surface area (Å²) in [5, 5.41) is 2.68. The van der Waals surface area contributed by atoms with Gasteiger partial charge < -0.3 is 5.32 Å². The maximum absolute atomic E-state index is 15.9. The fourth-order valence-electron chi connectivity index (χ4n) is 2.98. The Morgan fingerprint density at radius 1 is 1.04 bits per heavy atom. The highest BCUT2D eigenvalue weighted by molar-refractivity contribution is 5.84. The molecule has 0 aliphatic heterocycles. The van der Waals surface area contributed by atoms with Crippen molar-refractivity contribution in [3.63, 3.8) is 0 Å². The summed E-state index contributed by atoms with van der Waals surface area (Å²) >= 11 is 0. The van der Waals surface area contributed by atoms with Crippen LogP contribution in [0.4, 0.5) is 17.6 Å². The maximum Gasteiger partial charge on any atom is 0.416 e. The molecule has 0 bridgehead atoms. The van der Waals surface area contributed by atoms with Crippen molar-refractivity contribution in [2.24, 2.45) is 0 Å². The van der Waals surface area contributed by atoms with Crippen molar-refractivity contribution in [1.82, 2.24) is 10.2 Å². The van der Waals surface area contributed by atoms with E-state index in [1.165, 1.54) is 19.0 Å². The summed E-state index contributed by atoms with van der Waals surface area (Å²) in [6.45, 7) is 3.68. The van der Waals surface area contributed by atoms with E-state index in [1.807, 2.05) is 30.3 Å². The van der Waals surface area contributed by atoms with Gasteiger partial charge in [-0.05, 0) is 43.4 Å². The molecule has 2 aromatic carbocycles. The molecule has 0 spiro atoms. The van der Waals surface area contributed by atoms with Crippen molar-refractivity contribution in [1.29, 1.82) is 0 Å². The number of benzene rings is 2. The SMILES string of the molecule is C=C[C@@](F)(c1ccc(C(F)(F)F)cc1)[C@H](C(=O)NCc1ccccc1)N(C)C. The third-order valence-corrected chi connectivity index (χ3v) is 4.42. The molecule has 3 nitrogen and oxygen atoms in total. The molecule has 0 fully saturated rings. The number of hydrogen-bond acceptors (Lipinski definition) is 2. The molecule has 0 unspecified atom stereocenters. The molecule has 28 heavy (non-hydrogen) atoms. The van der Waals surface area contributed by atoms with E-state index in [0.29, 0.717) is 0 Å². The van der Waals surface area contributed by atoms with Gasteiger partial charge >= 0.3 is 6.18 Å². The molecule has 2 atom stereocenters. The molecule has 2 aromatic rings. The van der Waals surface area contributed by atoms with Crippen molar-refractivity contribution in [3.05, 3.63) is 83.9 Å². The quantitative estimate of drug-likeness (QED) is 0.561. The van der Waals surface area contributed by atoms with E-state index in [0.717, 1.165) is 35.9 Å². The standard InChI is InChI=1S/C21H22F4N2O/c1-4-20(22,16-10-12-17(13-11-16)21(23,24)25)18(27(2)3)19(28)26-14-15-8-6-5-7-9-15/h4-13,18H,1,14H2,2-3H3,(H,26,28)/t18-,20+/m0/s1. The van der Waals surface area contributed by atoms with Crippen molar-refractivity contribution in [3.8, 4) is 0 Å². The molecule has 0 saturated heterocycles. The Bertz CT molecular complexity index is 803. The number of alkyl halides is 4. The average molecular weight is 394 g/mol. The van der Waals surface area contributed by atoms with E-state index in [1.54, 1.807) is 0 Å². The van der Waals surface area contributed by atoms with E-state index in [2.05, 4.69) is 11.9 Å². The lowest BCUT2D eigenvalue weighted by molar-refractivity contribution is -0.137. The molecule has 7 heteroatoms. The monoisotopic (exact) mass is 394 g/mol. The minimum absolute atomic E-state index is 0.0796. The van der Waals surface area contributed by atoms with Crippen molar-refractivity contribution >= 4 is 5.91 Å². The van der Waals surface area contributed by atoms with E-state index in [4.69, 9.17) is 0 Å². The second-order valence-electron chi connectivity index (χ2n) is 6.62. The van der Waals surface area contributed by atoms with Crippen LogP contribution in [0.1, 0.15) is 16.7 Å². The number of nitrogens with zero attached hydrogens (tertiary/aromatic N) is 1. The predicted molar refractivity (Wildman–Crippen MR) is 100 cm³/mol. The molecule has 0 aliphatic rings. The molecule has 0 saturated carbocycles. The van der Waals surface area contributed by atoms with E-state index < -0.39 is 29.4 Å². The van der Waals surface area contributed by atoms with Crippen molar-refractivity contribution < 1.29 is 22.4 Å². The normalized spacial score (nSPS) is 15.0. The van der Waals surface area contributed by atoms with Gasteiger partial charge in [0.25, 0.3) is 0 Å². The molecule has 0 heterocycles. The van der Waals surface area contributed by atoms with Crippen LogP contribution in [0.2, 0.25) is 0 Å². The lowest BCUT2D eigenvalue weighted by atomic mass is 9.86. The Morgan fingerprint density at radius 3 is 2.04 bits per heavy atom. The topological polar surface area (TPSA) is 32.3 Å². The summed E-state index contributed by atoms with van der Waals surface area (Å²) < 4.78 is 54.2. The first-order valence-electron chi connectivity index (χ1n) is 8.58. The Balaban J connectivity index is 2.29. The van der Waals surface area contributed by atoms with Gasteiger partial charge in [-0.25, -0.2) is 4.39 Å². The molecular weight excluding hydrogens is 372 g/mol. The third-order valence-electron chi connectivity index (χ3n) is 4.42. The summed E-state index contributed by atoms with van der Waals surface area (Å²) in [6, 6.07) is 11.4. The predicted octanol–water partition coefficient (Wildman–Crippen LogP) is 4.30. The smallest absolute Gasteiger partial charge is 0.351 e. The van der Waals surface area contributed by atoms with Crippen LogP contribution in [-0.2, 0) is 23.2 Å². The first-order chi connectivity index (χ1) is 13.1. The third kappa shape index (κ3) is 4.78. The van der Waals surface area contributed by atoms with Gasteiger partial charge in [-0.2, -0.15) is 13.2 Å². The van der Waals surface area contributed by atoms with Crippen LogP contribution in [0.15, 0.2) is 67.3 Å². The zero-order valence-electron chi connectivity index (χ0n) is 15.6. The lowest BCUT2D eigenvalue weighted by Crippen LogP contribution is -2.53. The number of likely N-dealkylation sites (N-methyl/N-ethyl adjacent to an activating group) is 1. The number of nitrogens with one attached hydrogen (secondary N) is 1. The fraction of sp³-hybridized carbons (Fsp3) is 0.286. The first kappa shape index (κ1) is 21.6. The lowest BCUT2D eigenvalue weighted by Gasteiger charge is -2.35. The Morgan fingerprint density at radius 2 is 1.57 bits per heavy atom. The number of hydrogen-bond donors (Lipinski definition) is 1. The molecule has 2 rings (SSSR count). The number of rotatable bonds is 7. The minimum atomic E-state index is -4.53. The summed E-state index contributed by atoms with van der Waals surface area (Å²) in [7, 11) is 3.04. The highest BCUT2D eigenvalue weighted by Crippen LogP contribution is 2.36. The van der Waals surface area contributed by atoms with Gasteiger partial charge in [0.15, 0.2) is 5.67 Å². The van der Waals surface area contributed by atoms with E-state index in [-0.39, 0.29) is 12.1 Å². The molecule has 0 radical (unpaired) electrons. The van der Waals surface area contributed by atoms with Crippen molar-refractivity contribution in [2.45, 2.75) is 24.4 Å². The van der Waals surface area contributed by atoms with Crippen LogP contribution < -0.4 is 5.32 Å². The Labute approximate surface area is 161 Å². The zero-order chi connectivity index (χ0) is 20.9. The van der Waals surface area contributed by atoms with Gasteiger partial charge in [0, 0.05) is 6.54 Å². The van der Waals surface area contributed by atoms with Crippen LogP contribution in [0.5, 0.6) is 0 Å². The first-order valence-corrected chi connectivity index (χ1v) is 8.58. The van der Waals surface area contributed by atoms with Crippen molar-refractivity contribution in [2.75, 3.05) is 14.1 Å². The van der Waals surface area contributed by atoms with Gasteiger partial charge in [0.2, 0.25) is 5.91 Å². The summed E-state index contributed by atoms with van der Waals surface area (Å²) in [5.74, 6) is -0.601. The van der Waals surface area contributed by atoms with Crippen LogP contribution in [0, 0.1) is 0 Å². The Hall–Kier alpha value is -2.67. The molecule has 0 aromatic heterocycles. The molecular formula is C21H22F4N2O. The minimum Gasteiger partial charge on any atom is -0.351 e. The van der Waals surface area contributed by atoms with Gasteiger partial charge in [0.1, 0.15) is 6.04 Å². The average Bonchev–Trinajstić information content (AvgIpc) is 2.66. The number of carbonyl (C=O) groups is 1. The fourth-order valence-corrected chi connectivity index (χ4v) is 2.98. The largest absolute Gasteiger partial charge is 0.416 e. The van der Waals surface area contributed by atoms with E-state index in [9.17, 15) is 18.0 Å². The van der Waals surface area contributed by atoms with Gasteiger partial charge in [-0.3, -0.25) is 9.69 Å². The summed E-state index contributed by atoms with van der Waals surface area (Å²) in [5.41, 5.74) is -2.51. The molecule has 0 aliphatic carbocycles. The zero-order valence-corrected chi connectivity index (χ0v) is 15.6. The van der Waals surface area contributed by atoms with Crippen LogP contribution in [0.3, 0.4) is 0 Å². The van der Waals surface area contributed by atoms with Gasteiger partial charge in [-0.1, -0.05) is 49.0 Å². The Kier molecular flexibility index (Phi) is 6.61. The molecule has 1 N–H and O–H groups in total. The second kappa shape index (κ2) is 8.56. The van der Waals surface area contributed by atoms with Crippen LogP contribution >= 0.6 is 0 Å². The van der Waals surface area contributed by atoms with Crippen LogP contribution in [-0.4, -0.2) is 30.9 Å². The van der Waals surface area contributed by atoms with Gasteiger partial charge in [0.05, 0.1) is 5.56 Å². The number of halogens is 4. The van der Waals surface area contributed by atoms with Gasteiger partial charge in [-0.15, -0.1) is 0 Å². The summed E-state index contributed by atoms with van der Waals surface area (Å²) in [6.07, 6.45) is -3.58. The van der Waals surface area contributed by atoms with E-state index >= 15 is 4.39 Å². The molecule has 150 valence electrons. The maximum atomic E-state index is 15.9. The summed E-state index contributed by atoms with van der Waals surface area (Å²) in [4.78, 5) is 14.1. The van der Waals surface area contributed by atoms with Crippen LogP contribution in [0.25, 0.3) is 0 Å².